The minimum Gasteiger partial charge on any atom is -0.398 e. The van der Waals surface area contributed by atoms with Gasteiger partial charge in [0.05, 0.1) is 0 Å². The van der Waals surface area contributed by atoms with Crippen molar-refractivity contribution in [3.8, 4) is 0 Å². The van der Waals surface area contributed by atoms with Gasteiger partial charge in [-0.1, -0.05) is 26.3 Å². The van der Waals surface area contributed by atoms with Crippen molar-refractivity contribution < 1.29 is 0 Å². The van der Waals surface area contributed by atoms with E-state index < -0.39 is 0 Å². The first kappa shape index (κ1) is 12.4. The van der Waals surface area contributed by atoms with E-state index >= 15 is 0 Å². The Morgan fingerprint density at radius 1 is 1.33 bits per heavy atom. The van der Waals surface area contributed by atoms with Crippen LogP contribution in [0.2, 0.25) is 0 Å². The molecule has 0 spiro atoms. The van der Waals surface area contributed by atoms with Crippen LogP contribution in [0, 0.1) is 12.8 Å². The Morgan fingerprint density at radius 2 is 2.07 bits per heavy atom. The lowest BCUT2D eigenvalue weighted by Gasteiger charge is -2.07. The highest BCUT2D eigenvalue weighted by Crippen LogP contribution is 2.27. The number of rotatable bonds is 5. The van der Waals surface area contributed by atoms with Crippen molar-refractivity contribution in [2.24, 2.45) is 5.92 Å². The molecule has 1 aromatic carbocycles. The summed E-state index contributed by atoms with van der Waals surface area (Å²) in [6, 6.07) is 6.24. The summed E-state index contributed by atoms with van der Waals surface area (Å²) < 4.78 is 0. The summed E-state index contributed by atoms with van der Waals surface area (Å²) in [5.41, 5.74) is 8.11. The standard InChI is InChI=1S/C13H21NS/c1-10(2)5-4-8-15-13-9-11(3)6-7-12(13)14/h6-7,9-10H,4-5,8,14H2,1-3H3. The first-order chi connectivity index (χ1) is 7.09. The molecule has 0 aliphatic heterocycles. The third kappa shape index (κ3) is 4.61. The van der Waals surface area contributed by atoms with Gasteiger partial charge in [0, 0.05) is 10.6 Å². The molecule has 0 fully saturated rings. The van der Waals surface area contributed by atoms with Gasteiger partial charge in [-0.25, -0.2) is 0 Å². The molecular weight excluding hydrogens is 202 g/mol. The zero-order valence-corrected chi connectivity index (χ0v) is 10.7. The molecule has 0 saturated carbocycles. The minimum absolute atomic E-state index is 0.806. The van der Waals surface area contributed by atoms with Gasteiger partial charge in [0.15, 0.2) is 0 Å². The number of aryl methyl sites for hydroxylation is 1. The summed E-state index contributed by atoms with van der Waals surface area (Å²) in [6.45, 7) is 6.65. The van der Waals surface area contributed by atoms with Gasteiger partial charge >= 0.3 is 0 Å². The van der Waals surface area contributed by atoms with Crippen molar-refractivity contribution in [3.05, 3.63) is 23.8 Å². The number of benzene rings is 1. The van der Waals surface area contributed by atoms with Crippen LogP contribution in [0.1, 0.15) is 32.3 Å². The lowest BCUT2D eigenvalue weighted by molar-refractivity contribution is 0.579. The van der Waals surface area contributed by atoms with E-state index in [0.717, 1.165) is 11.6 Å². The van der Waals surface area contributed by atoms with E-state index in [1.54, 1.807) is 0 Å². The van der Waals surface area contributed by atoms with Gasteiger partial charge < -0.3 is 5.73 Å². The molecule has 0 atom stereocenters. The summed E-state index contributed by atoms with van der Waals surface area (Å²) in [6.07, 6.45) is 2.58. The molecule has 15 heavy (non-hydrogen) atoms. The highest BCUT2D eigenvalue weighted by Gasteiger charge is 2.00. The third-order valence-electron chi connectivity index (χ3n) is 2.35. The molecule has 0 bridgehead atoms. The first-order valence-corrected chi connectivity index (χ1v) is 6.57. The number of anilines is 1. The highest BCUT2D eigenvalue weighted by molar-refractivity contribution is 7.99. The highest BCUT2D eigenvalue weighted by atomic mass is 32.2. The van der Waals surface area contributed by atoms with Crippen LogP contribution >= 0.6 is 11.8 Å². The summed E-state index contributed by atoms with van der Waals surface area (Å²) in [5.74, 6) is 1.98. The fourth-order valence-electron chi connectivity index (χ4n) is 1.44. The first-order valence-electron chi connectivity index (χ1n) is 5.58. The zero-order valence-electron chi connectivity index (χ0n) is 9.92. The Bertz CT molecular complexity index is 307. The molecule has 0 unspecified atom stereocenters. The maximum absolute atomic E-state index is 5.91. The van der Waals surface area contributed by atoms with Crippen LogP contribution in [0.15, 0.2) is 23.1 Å². The van der Waals surface area contributed by atoms with Gasteiger partial charge in [-0.3, -0.25) is 0 Å². The molecular formula is C13H21NS. The number of hydrogen-bond donors (Lipinski definition) is 1. The van der Waals surface area contributed by atoms with Gasteiger partial charge in [-0.05, 0) is 42.7 Å². The lowest BCUT2D eigenvalue weighted by Crippen LogP contribution is -1.92. The third-order valence-corrected chi connectivity index (χ3v) is 3.51. The van der Waals surface area contributed by atoms with Crippen LogP contribution in [0.25, 0.3) is 0 Å². The average Bonchev–Trinajstić information content (AvgIpc) is 2.17. The summed E-state index contributed by atoms with van der Waals surface area (Å²) in [7, 11) is 0. The fraction of sp³-hybridized carbons (Fsp3) is 0.538. The Hall–Kier alpha value is -0.630. The van der Waals surface area contributed by atoms with E-state index in [1.165, 1.54) is 29.1 Å². The molecule has 0 radical (unpaired) electrons. The molecule has 0 heterocycles. The molecule has 84 valence electrons. The van der Waals surface area contributed by atoms with Crippen LogP contribution in [-0.4, -0.2) is 5.75 Å². The maximum atomic E-state index is 5.91. The quantitative estimate of drug-likeness (QED) is 0.462. The molecule has 0 saturated heterocycles. The number of thioether (sulfide) groups is 1. The SMILES string of the molecule is Cc1ccc(N)c(SCCCC(C)C)c1. The van der Waals surface area contributed by atoms with Crippen LogP contribution in [0.3, 0.4) is 0 Å². The normalized spacial score (nSPS) is 10.9. The molecule has 0 amide bonds. The molecule has 1 nitrogen and oxygen atoms in total. The van der Waals surface area contributed by atoms with Gasteiger partial charge in [0.25, 0.3) is 0 Å². The molecule has 1 rings (SSSR count). The average molecular weight is 223 g/mol. The largest absolute Gasteiger partial charge is 0.398 e. The molecule has 0 aromatic heterocycles. The van der Waals surface area contributed by atoms with E-state index in [0.29, 0.717) is 0 Å². The lowest BCUT2D eigenvalue weighted by atomic mass is 10.1. The Balaban J connectivity index is 2.40. The minimum atomic E-state index is 0.806. The molecule has 1 aromatic rings. The van der Waals surface area contributed by atoms with Crippen LogP contribution in [0.4, 0.5) is 5.69 Å². The topological polar surface area (TPSA) is 26.0 Å². The summed E-state index contributed by atoms with van der Waals surface area (Å²) >= 11 is 1.88. The smallest absolute Gasteiger partial charge is 0.0452 e. The monoisotopic (exact) mass is 223 g/mol. The Labute approximate surface area is 97.4 Å². The predicted octanol–water partition coefficient (Wildman–Crippen LogP) is 4.11. The van der Waals surface area contributed by atoms with E-state index in [4.69, 9.17) is 5.73 Å². The van der Waals surface area contributed by atoms with Gasteiger partial charge in [0.2, 0.25) is 0 Å². The van der Waals surface area contributed by atoms with E-state index in [1.807, 2.05) is 17.8 Å². The van der Waals surface area contributed by atoms with E-state index in [9.17, 15) is 0 Å². The number of hydrogen-bond acceptors (Lipinski definition) is 2. The number of nitrogen functional groups attached to an aromatic ring is 1. The van der Waals surface area contributed by atoms with E-state index in [-0.39, 0.29) is 0 Å². The predicted molar refractivity (Wildman–Crippen MR) is 70.4 cm³/mol. The second kappa shape index (κ2) is 6.06. The van der Waals surface area contributed by atoms with Crippen molar-refractivity contribution in [2.75, 3.05) is 11.5 Å². The second-order valence-corrected chi connectivity index (χ2v) is 5.56. The molecule has 0 aliphatic rings. The van der Waals surface area contributed by atoms with Crippen LogP contribution < -0.4 is 5.73 Å². The molecule has 2 N–H and O–H groups in total. The Morgan fingerprint density at radius 3 is 2.73 bits per heavy atom. The summed E-state index contributed by atoms with van der Waals surface area (Å²) in [4.78, 5) is 1.23. The van der Waals surface area contributed by atoms with Gasteiger partial charge in [-0.15, -0.1) is 11.8 Å². The van der Waals surface area contributed by atoms with Crippen LogP contribution in [0.5, 0.6) is 0 Å². The second-order valence-electron chi connectivity index (χ2n) is 4.43. The van der Waals surface area contributed by atoms with Gasteiger partial charge in [-0.2, -0.15) is 0 Å². The van der Waals surface area contributed by atoms with Crippen molar-refractivity contribution in [1.29, 1.82) is 0 Å². The van der Waals surface area contributed by atoms with Gasteiger partial charge in [0.1, 0.15) is 0 Å². The summed E-state index contributed by atoms with van der Waals surface area (Å²) in [5, 5.41) is 0. The maximum Gasteiger partial charge on any atom is 0.0452 e. The van der Waals surface area contributed by atoms with E-state index in [2.05, 4.69) is 32.9 Å². The fourth-order valence-corrected chi connectivity index (χ4v) is 2.48. The van der Waals surface area contributed by atoms with Crippen molar-refractivity contribution >= 4 is 17.4 Å². The molecule has 2 heteroatoms. The molecule has 0 aliphatic carbocycles. The van der Waals surface area contributed by atoms with Crippen LogP contribution in [-0.2, 0) is 0 Å². The number of nitrogens with two attached hydrogens (primary N) is 1. The zero-order chi connectivity index (χ0) is 11.3. The van der Waals surface area contributed by atoms with Crippen molar-refractivity contribution in [1.82, 2.24) is 0 Å². The van der Waals surface area contributed by atoms with Crippen molar-refractivity contribution in [3.63, 3.8) is 0 Å². The Kier molecular flexibility index (Phi) is 5.03. The van der Waals surface area contributed by atoms with Crippen molar-refractivity contribution in [2.45, 2.75) is 38.5 Å².